The molecule has 0 bridgehead atoms. The Bertz CT molecular complexity index is 1130. The Labute approximate surface area is 216 Å². The van der Waals surface area contributed by atoms with Gasteiger partial charge >= 0.3 is 5.97 Å². The molecule has 2 amide bonds. The van der Waals surface area contributed by atoms with Gasteiger partial charge in [0.05, 0.1) is 19.1 Å². The highest BCUT2D eigenvalue weighted by atomic mass is 16.5. The van der Waals surface area contributed by atoms with Crippen molar-refractivity contribution in [2.45, 2.75) is 82.7 Å². The molecule has 0 spiro atoms. The van der Waals surface area contributed by atoms with Gasteiger partial charge in [-0.3, -0.25) is 19.2 Å². The Balaban J connectivity index is 1.65. The van der Waals surface area contributed by atoms with Crippen LogP contribution in [0.1, 0.15) is 81.0 Å². The topological polar surface area (TPSA) is 129 Å². The summed E-state index contributed by atoms with van der Waals surface area (Å²) in [6.07, 6.45) is 10.6. The lowest BCUT2D eigenvalue weighted by atomic mass is 9.82. The lowest BCUT2D eigenvalue weighted by Gasteiger charge is -2.38. The van der Waals surface area contributed by atoms with Gasteiger partial charge in [-0.05, 0) is 43.7 Å². The lowest BCUT2D eigenvalue weighted by Crippen LogP contribution is -2.57. The number of methoxy groups -OCH3 is 1. The van der Waals surface area contributed by atoms with Gasteiger partial charge < -0.3 is 25.0 Å². The zero-order valence-corrected chi connectivity index (χ0v) is 21.5. The number of nitrogens with zero attached hydrogens (tertiary/aromatic N) is 1. The number of carbonyl (C=O) groups is 4. The number of hydrogen-bond acceptors (Lipinski definition) is 5. The number of nitrogens with one attached hydrogen (secondary N) is 2. The summed E-state index contributed by atoms with van der Waals surface area (Å²) in [5.41, 5.74) is 0.838. The van der Waals surface area contributed by atoms with Crippen LogP contribution in [0.15, 0.2) is 24.4 Å². The second-order valence-electron chi connectivity index (χ2n) is 10.3. The molecule has 2 aromatic rings. The van der Waals surface area contributed by atoms with E-state index in [9.17, 15) is 24.3 Å². The van der Waals surface area contributed by atoms with Crippen molar-refractivity contribution >= 4 is 34.5 Å². The Morgan fingerprint density at radius 3 is 2.38 bits per heavy atom. The van der Waals surface area contributed by atoms with Gasteiger partial charge in [0.25, 0.3) is 11.7 Å². The number of amides is 2. The van der Waals surface area contributed by atoms with E-state index in [1.165, 1.54) is 11.1 Å². The number of rotatable bonds is 10. The first-order valence-corrected chi connectivity index (χ1v) is 13.4. The number of carbonyl (C=O) groups excluding carboxylic acids is 3. The molecule has 0 unspecified atom stereocenters. The molecule has 0 radical (unpaired) electrons. The first kappa shape index (κ1) is 26.7. The highest BCUT2D eigenvalue weighted by molar-refractivity contribution is 6.45. The summed E-state index contributed by atoms with van der Waals surface area (Å²) in [5.74, 6) is -2.46. The maximum absolute atomic E-state index is 13.8. The number of H-pyrrole nitrogens is 1. The van der Waals surface area contributed by atoms with E-state index < -0.39 is 23.7 Å². The predicted octanol–water partition coefficient (Wildman–Crippen LogP) is 4.06. The lowest BCUT2D eigenvalue weighted by molar-refractivity contribution is -0.143. The van der Waals surface area contributed by atoms with Gasteiger partial charge in [-0.25, -0.2) is 0 Å². The molecule has 9 heteroatoms. The fourth-order valence-corrected chi connectivity index (χ4v) is 5.84. The Hall–Kier alpha value is -3.36. The van der Waals surface area contributed by atoms with Crippen molar-refractivity contribution in [2.75, 3.05) is 13.7 Å². The minimum Gasteiger partial charge on any atom is -0.497 e. The largest absolute Gasteiger partial charge is 0.497 e. The second kappa shape index (κ2) is 12.3. The third-order valence-electron chi connectivity index (χ3n) is 7.81. The Kier molecular flexibility index (Phi) is 8.84. The molecule has 3 N–H and O–H groups in total. The Morgan fingerprint density at radius 1 is 1.05 bits per heavy atom. The van der Waals surface area contributed by atoms with Crippen molar-refractivity contribution in [1.82, 2.24) is 15.2 Å². The van der Waals surface area contributed by atoms with Crippen LogP contribution in [0, 0.1) is 5.92 Å². The minimum atomic E-state index is -1.08. The van der Waals surface area contributed by atoms with Gasteiger partial charge in [0.2, 0.25) is 5.91 Å². The fourth-order valence-electron chi connectivity index (χ4n) is 5.84. The summed E-state index contributed by atoms with van der Waals surface area (Å²) >= 11 is 0. The van der Waals surface area contributed by atoms with Gasteiger partial charge in [-0.1, -0.05) is 38.5 Å². The molecule has 1 aromatic carbocycles. The number of Topliss-reactive ketones (excluding diaryl/α,β-unsaturated/α-hetero) is 1. The monoisotopic (exact) mass is 511 g/mol. The molecule has 9 nitrogen and oxygen atoms in total. The number of aromatic amines is 1. The van der Waals surface area contributed by atoms with Crippen LogP contribution in [0.25, 0.3) is 10.9 Å². The van der Waals surface area contributed by atoms with Crippen LogP contribution in [0.2, 0.25) is 0 Å². The SMILES string of the molecule is COc1ccc2c(C(=O)C(=O)N(CCC(=O)O)[C@@H](C(=O)NC3CCCCC3)C3CCCCC3)c[nH]c2c1. The van der Waals surface area contributed by atoms with E-state index in [4.69, 9.17) is 4.74 Å². The number of hydrogen-bond donors (Lipinski definition) is 3. The number of carboxylic acid groups (broad SMARTS) is 1. The highest BCUT2D eigenvalue weighted by Gasteiger charge is 2.40. The standard InChI is InChI=1S/C28H37N3O6/c1-37-20-12-13-21-22(17-29-23(21)16-20)26(34)28(36)31(15-14-24(32)33)25(18-8-4-2-5-9-18)27(35)30-19-10-6-3-7-11-19/h12-13,16-19,25,29H,2-11,14-15H2,1H3,(H,30,35)(H,32,33)/t25-/m1/s1. The van der Waals surface area contributed by atoms with Crippen LogP contribution in [0.5, 0.6) is 5.75 Å². The summed E-state index contributed by atoms with van der Waals surface area (Å²) in [5, 5.41) is 13.1. The summed E-state index contributed by atoms with van der Waals surface area (Å²) in [4.78, 5) is 56.8. The van der Waals surface area contributed by atoms with E-state index in [0.717, 1.165) is 64.2 Å². The van der Waals surface area contributed by atoms with E-state index in [1.807, 2.05) is 0 Å². The molecular weight excluding hydrogens is 474 g/mol. The summed E-state index contributed by atoms with van der Waals surface area (Å²) in [7, 11) is 1.55. The molecule has 1 atom stereocenters. The van der Waals surface area contributed by atoms with Gasteiger partial charge in [0, 0.05) is 35.8 Å². The first-order valence-electron chi connectivity index (χ1n) is 13.4. The number of carboxylic acids is 1. The maximum Gasteiger partial charge on any atom is 0.305 e. The van der Waals surface area contributed by atoms with Crippen LogP contribution in [-0.4, -0.2) is 64.3 Å². The first-order chi connectivity index (χ1) is 17.9. The zero-order valence-electron chi connectivity index (χ0n) is 21.5. The molecule has 4 rings (SSSR count). The molecule has 0 aliphatic heterocycles. The third kappa shape index (κ3) is 6.32. The summed E-state index contributed by atoms with van der Waals surface area (Å²) in [6.45, 7) is -0.199. The van der Waals surface area contributed by atoms with Gasteiger partial charge in [0.15, 0.2) is 0 Å². The second-order valence-corrected chi connectivity index (χ2v) is 10.3. The predicted molar refractivity (Wildman–Crippen MR) is 139 cm³/mol. The van der Waals surface area contributed by atoms with Gasteiger partial charge in [0.1, 0.15) is 11.8 Å². The van der Waals surface area contributed by atoms with Crippen molar-refractivity contribution < 1.29 is 29.0 Å². The van der Waals surface area contributed by atoms with Crippen LogP contribution in [0.4, 0.5) is 0 Å². The minimum absolute atomic E-state index is 0.0445. The van der Waals surface area contributed by atoms with Gasteiger partial charge in [-0.2, -0.15) is 0 Å². The number of ketones is 1. The molecule has 1 aromatic heterocycles. The van der Waals surface area contributed by atoms with Crippen molar-refractivity contribution in [2.24, 2.45) is 5.92 Å². The van der Waals surface area contributed by atoms with Crippen LogP contribution in [-0.2, 0) is 14.4 Å². The smallest absolute Gasteiger partial charge is 0.305 e. The molecule has 200 valence electrons. The zero-order chi connectivity index (χ0) is 26.4. The van der Waals surface area contributed by atoms with Crippen molar-refractivity contribution in [3.63, 3.8) is 0 Å². The average Bonchev–Trinajstić information content (AvgIpc) is 3.34. The maximum atomic E-state index is 13.8. The quantitative estimate of drug-likeness (QED) is 0.326. The summed E-state index contributed by atoms with van der Waals surface area (Å²) in [6, 6.07) is 4.33. The van der Waals surface area contributed by atoms with Crippen LogP contribution < -0.4 is 10.1 Å². The molecule has 2 aliphatic carbocycles. The van der Waals surface area contributed by atoms with Gasteiger partial charge in [-0.15, -0.1) is 0 Å². The fraction of sp³-hybridized carbons (Fsp3) is 0.571. The molecule has 2 aliphatic rings. The average molecular weight is 512 g/mol. The number of fused-ring (bicyclic) bond motifs is 1. The van der Waals surface area contributed by atoms with E-state index in [-0.39, 0.29) is 36.4 Å². The molecule has 0 saturated heterocycles. The Morgan fingerprint density at radius 2 is 1.73 bits per heavy atom. The molecular formula is C28H37N3O6. The number of aromatic nitrogens is 1. The van der Waals surface area contributed by atoms with Crippen molar-refractivity contribution in [1.29, 1.82) is 0 Å². The van der Waals surface area contributed by atoms with Crippen molar-refractivity contribution in [3.8, 4) is 5.75 Å². The van der Waals surface area contributed by atoms with E-state index in [1.54, 1.807) is 25.3 Å². The number of aliphatic carboxylic acids is 1. The van der Waals surface area contributed by atoms with Crippen molar-refractivity contribution in [3.05, 3.63) is 30.0 Å². The van der Waals surface area contributed by atoms with E-state index in [2.05, 4.69) is 10.3 Å². The summed E-state index contributed by atoms with van der Waals surface area (Å²) < 4.78 is 5.24. The molecule has 2 fully saturated rings. The molecule has 37 heavy (non-hydrogen) atoms. The molecule has 2 saturated carbocycles. The van der Waals surface area contributed by atoms with E-state index >= 15 is 0 Å². The van der Waals surface area contributed by atoms with Crippen LogP contribution in [0.3, 0.4) is 0 Å². The van der Waals surface area contributed by atoms with E-state index in [0.29, 0.717) is 16.7 Å². The third-order valence-corrected chi connectivity index (χ3v) is 7.81. The highest BCUT2D eigenvalue weighted by Crippen LogP contribution is 2.31. The number of ether oxygens (including phenoxy) is 1. The van der Waals surface area contributed by atoms with Crippen LogP contribution >= 0.6 is 0 Å². The number of benzene rings is 1. The molecule has 1 heterocycles. The normalized spacial score (nSPS) is 17.8.